The van der Waals surface area contributed by atoms with Gasteiger partial charge in [0.15, 0.2) is 0 Å². The van der Waals surface area contributed by atoms with Crippen molar-refractivity contribution in [1.82, 2.24) is 0 Å². The second-order valence-electron chi connectivity index (χ2n) is 9.98. The topological polar surface area (TPSA) is 26.3 Å². The molecule has 2 heteroatoms. The van der Waals surface area contributed by atoms with Crippen LogP contribution in [0.25, 0.3) is 21.9 Å². The average molecular weight is 401 g/mol. The van der Waals surface area contributed by atoms with Gasteiger partial charge in [0.2, 0.25) is 0 Å². The first-order valence-electron chi connectivity index (χ1n) is 11.0. The molecule has 0 N–H and O–H groups in total. The van der Waals surface area contributed by atoms with Gasteiger partial charge < -0.3 is 4.74 Å². The number of aryl methyl sites for hydroxylation is 1. The minimum atomic E-state index is -0.268. The fourth-order valence-electron chi connectivity index (χ4n) is 4.79. The zero-order valence-corrected chi connectivity index (χ0v) is 19.1. The van der Waals surface area contributed by atoms with Crippen LogP contribution < -0.4 is 0 Å². The largest absolute Gasteiger partial charge is 0.462 e. The van der Waals surface area contributed by atoms with E-state index in [0.717, 1.165) is 5.56 Å². The van der Waals surface area contributed by atoms with Gasteiger partial charge in [-0.2, -0.15) is 0 Å². The van der Waals surface area contributed by atoms with E-state index in [0.29, 0.717) is 12.2 Å². The zero-order valence-electron chi connectivity index (χ0n) is 19.1. The maximum Gasteiger partial charge on any atom is 0.338 e. The molecule has 0 unspecified atom stereocenters. The standard InChI is InChI=1S/C28H32O2/c1-7-30-26(29)20-10-8-19(9-11-20)23-15-22-17-25-24(16-21(22)14-18(23)2)27(3,4)12-13-28(25,5)6/h8-11,14-17H,7,12-13H2,1-6H3. The molecule has 0 radical (unpaired) electrons. The maximum atomic E-state index is 12.0. The van der Waals surface area contributed by atoms with E-state index in [9.17, 15) is 4.79 Å². The molecule has 0 aromatic heterocycles. The summed E-state index contributed by atoms with van der Waals surface area (Å²) < 4.78 is 5.11. The number of fused-ring (bicyclic) bond motifs is 2. The van der Waals surface area contributed by atoms with Crippen LogP contribution in [0.3, 0.4) is 0 Å². The molecule has 0 saturated carbocycles. The van der Waals surface area contributed by atoms with Crippen molar-refractivity contribution in [2.24, 2.45) is 0 Å². The Bertz CT molecular complexity index is 1120. The number of carbonyl (C=O) groups excluding carboxylic acids is 1. The van der Waals surface area contributed by atoms with Crippen LogP contribution >= 0.6 is 0 Å². The Morgan fingerprint density at radius 2 is 1.40 bits per heavy atom. The van der Waals surface area contributed by atoms with Gasteiger partial charge in [-0.05, 0) is 94.3 Å². The molecule has 0 aliphatic heterocycles. The third kappa shape index (κ3) is 3.53. The normalized spacial score (nSPS) is 16.9. The molecule has 0 spiro atoms. The Balaban J connectivity index is 1.82. The van der Waals surface area contributed by atoms with Gasteiger partial charge in [0.1, 0.15) is 0 Å². The van der Waals surface area contributed by atoms with Crippen molar-refractivity contribution in [3.63, 3.8) is 0 Å². The quantitative estimate of drug-likeness (QED) is 0.430. The van der Waals surface area contributed by atoms with Crippen molar-refractivity contribution >= 4 is 16.7 Å². The van der Waals surface area contributed by atoms with Crippen LogP contribution in [-0.4, -0.2) is 12.6 Å². The molecule has 1 aliphatic rings. The predicted octanol–water partition coefficient (Wildman–Crippen LogP) is 7.34. The molecule has 0 heterocycles. The van der Waals surface area contributed by atoms with E-state index in [-0.39, 0.29) is 16.8 Å². The van der Waals surface area contributed by atoms with E-state index < -0.39 is 0 Å². The second-order valence-corrected chi connectivity index (χ2v) is 9.98. The van der Waals surface area contributed by atoms with Gasteiger partial charge in [0.25, 0.3) is 0 Å². The van der Waals surface area contributed by atoms with Gasteiger partial charge in [0, 0.05) is 0 Å². The third-order valence-electron chi connectivity index (χ3n) is 6.86. The molecule has 0 bridgehead atoms. The molecular formula is C28H32O2. The lowest BCUT2D eigenvalue weighted by Gasteiger charge is -2.42. The minimum Gasteiger partial charge on any atom is -0.462 e. The van der Waals surface area contributed by atoms with Crippen LogP contribution in [-0.2, 0) is 15.6 Å². The minimum absolute atomic E-state index is 0.200. The Morgan fingerprint density at radius 1 is 0.867 bits per heavy atom. The van der Waals surface area contributed by atoms with Gasteiger partial charge in [-0.15, -0.1) is 0 Å². The number of ether oxygens (including phenoxy) is 1. The molecule has 0 atom stereocenters. The van der Waals surface area contributed by atoms with E-state index >= 15 is 0 Å². The Hall–Kier alpha value is -2.61. The molecule has 30 heavy (non-hydrogen) atoms. The van der Waals surface area contributed by atoms with Gasteiger partial charge in [-0.1, -0.05) is 58.0 Å². The first-order valence-corrected chi connectivity index (χ1v) is 11.0. The molecule has 4 rings (SSSR count). The van der Waals surface area contributed by atoms with Crippen molar-refractivity contribution in [3.8, 4) is 11.1 Å². The SMILES string of the molecule is CCOC(=O)c1ccc(-c2cc3cc4c(cc3cc2C)C(C)(C)CCC4(C)C)cc1. The summed E-state index contributed by atoms with van der Waals surface area (Å²) in [6, 6.07) is 17.2. The highest BCUT2D eigenvalue weighted by atomic mass is 16.5. The number of esters is 1. The van der Waals surface area contributed by atoms with Crippen LogP contribution in [0.2, 0.25) is 0 Å². The Labute approximate surface area is 180 Å². The van der Waals surface area contributed by atoms with Crippen molar-refractivity contribution in [3.05, 3.63) is 70.8 Å². The van der Waals surface area contributed by atoms with Crippen molar-refractivity contribution in [2.45, 2.75) is 65.2 Å². The number of rotatable bonds is 3. The summed E-state index contributed by atoms with van der Waals surface area (Å²) in [4.78, 5) is 12.0. The summed E-state index contributed by atoms with van der Waals surface area (Å²) in [6.45, 7) is 13.9. The van der Waals surface area contributed by atoms with E-state index in [1.165, 1.54) is 45.9 Å². The lowest BCUT2D eigenvalue weighted by atomic mass is 9.63. The monoisotopic (exact) mass is 400 g/mol. The van der Waals surface area contributed by atoms with Crippen molar-refractivity contribution in [1.29, 1.82) is 0 Å². The summed E-state index contributed by atoms with van der Waals surface area (Å²) in [5.41, 5.74) is 7.58. The van der Waals surface area contributed by atoms with Gasteiger partial charge in [-0.3, -0.25) is 0 Å². The highest BCUT2D eigenvalue weighted by molar-refractivity contribution is 5.92. The van der Waals surface area contributed by atoms with Gasteiger partial charge in [0.05, 0.1) is 12.2 Å². The number of carbonyl (C=O) groups is 1. The van der Waals surface area contributed by atoms with Crippen LogP contribution in [0.15, 0.2) is 48.5 Å². The van der Waals surface area contributed by atoms with E-state index in [1.54, 1.807) is 0 Å². The molecule has 3 aromatic carbocycles. The van der Waals surface area contributed by atoms with E-state index in [2.05, 4.69) is 58.9 Å². The van der Waals surface area contributed by atoms with Crippen LogP contribution in [0.1, 0.15) is 74.5 Å². The zero-order chi connectivity index (χ0) is 21.7. The van der Waals surface area contributed by atoms with Crippen LogP contribution in [0, 0.1) is 6.92 Å². The third-order valence-corrected chi connectivity index (χ3v) is 6.86. The Morgan fingerprint density at radius 3 is 1.93 bits per heavy atom. The van der Waals surface area contributed by atoms with Gasteiger partial charge in [-0.25, -0.2) is 4.79 Å². The smallest absolute Gasteiger partial charge is 0.338 e. The lowest BCUT2D eigenvalue weighted by Crippen LogP contribution is -2.33. The predicted molar refractivity (Wildman–Crippen MR) is 125 cm³/mol. The fraction of sp³-hybridized carbons (Fsp3) is 0.393. The molecule has 0 fully saturated rings. The lowest BCUT2D eigenvalue weighted by molar-refractivity contribution is 0.0526. The molecular weight excluding hydrogens is 368 g/mol. The van der Waals surface area contributed by atoms with Gasteiger partial charge >= 0.3 is 5.97 Å². The second kappa shape index (κ2) is 7.27. The van der Waals surface area contributed by atoms with Crippen molar-refractivity contribution in [2.75, 3.05) is 6.61 Å². The summed E-state index contributed by atoms with van der Waals surface area (Å²) in [6.07, 6.45) is 2.44. The van der Waals surface area contributed by atoms with Crippen molar-refractivity contribution < 1.29 is 9.53 Å². The summed E-state index contributed by atoms with van der Waals surface area (Å²) >= 11 is 0. The molecule has 3 aromatic rings. The molecule has 156 valence electrons. The number of hydrogen-bond acceptors (Lipinski definition) is 2. The molecule has 1 aliphatic carbocycles. The fourth-order valence-corrected chi connectivity index (χ4v) is 4.79. The average Bonchev–Trinajstić information content (AvgIpc) is 2.70. The van der Waals surface area contributed by atoms with Crippen LogP contribution in [0.4, 0.5) is 0 Å². The maximum absolute atomic E-state index is 12.0. The van der Waals surface area contributed by atoms with E-state index in [4.69, 9.17) is 4.74 Å². The molecule has 0 amide bonds. The number of hydrogen-bond donors (Lipinski definition) is 0. The van der Waals surface area contributed by atoms with E-state index in [1.807, 2.05) is 31.2 Å². The first kappa shape index (κ1) is 20.7. The molecule has 2 nitrogen and oxygen atoms in total. The van der Waals surface area contributed by atoms with Crippen LogP contribution in [0.5, 0.6) is 0 Å². The summed E-state index contributed by atoms with van der Waals surface area (Å²) in [5.74, 6) is -0.268. The highest BCUT2D eigenvalue weighted by Gasteiger charge is 2.37. The number of benzene rings is 3. The highest BCUT2D eigenvalue weighted by Crippen LogP contribution is 2.47. The Kier molecular flexibility index (Phi) is 5.00. The summed E-state index contributed by atoms with van der Waals surface area (Å²) in [5, 5.41) is 2.60. The molecule has 0 saturated heterocycles. The summed E-state index contributed by atoms with van der Waals surface area (Å²) in [7, 11) is 0. The first-order chi connectivity index (χ1) is 14.1.